The average molecular weight is 407 g/mol. The molecule has 0 unspecified atom stereocenters. The van der Waals surface area contributed by atoms with Crippen LogP contribution in [0.5, 0.6) is 0 Å². The average Bonchev–Trinajstić information content (AvgIpc) is 3.15. The summed E-state index contributed by atoms with van der Waals surface area (Å²) in [5, 5.41) is 2.78. The molecule has 0 saturated carbocycles. The molecule has 1 saturated heterocycles. The molecule has 1 amide bonds. The molecule has 0 bridgehead atoms. The molecule has 1 fully saturated rings. The van der Waals surface area contributed by atoms with E-state index in [1.54, 1.807) is 18.2 Å². The van der Waals surface area contributed by atoms with Crippen LogP contribution < -0.4 is 5.32 Å². The van der Waals surface area contributed by atoms with Crippen LogP contribution in [0.1, 0.15) is 16.0 Å². The Hall–Kier alpha value is -2.00. The van der Waals surface area contributed by atoms with E-state index in [0.717, 1.165) is 16.0 Å². The van der Waals surface area contributed by atoms with Gasteiger partial charge in [-0.25, -0.2) is 8.42 Å². The van der Waals surface area contributed by atoms with E-state index >= 15 is 0 Å². The molecule has 1 aromatic carbocycles. The van der Waals surface area contributed by atoms with Crippen LogP contribution in [-0.4, -0.2) is 44.9 Å². The van der Waals surface area contributed by atoms with E-state index in [1.165, 1.54) is 21.7 Å². The van der Waals surface area contributed by atoms with Gasteiger partial charge in [-0.2, -0.15) is 4.31 Å². The summed E-state index contributed by atoms with van der Waals surface area (Å²) in [4.78, 5) is 12.8. The summed E-state index contributed by atoms with van der Waals surface area (Å²) in [6.45, 7) is 3.87. The van der Waals surface area contributed by atoms with Gasteiger partial charge >= 0.3 is 0 Å². The maximum absolute atomic E-state index is 12.6. The number of thiophene rings is 1. The van der Waals surface area contributed by atoms with Crippen molar-refractivity contribution < 1.29 is 17.9 Å². The molecule has 2 aromatic rings. The summed E-state index contributed by atoms with van der Waals surface area (Å²) in [5.74, 6) is -0.220. The molecular formula is C19H22N2O4S2. The Labute approximate surface area is 163 Å². The van der Waals surface area contributed by atoms with Gasteiger partial charge in [0.25, 0.3) is 10.0 Å². The van der Waals surface area contributed by atoms with Gasteiger partial charge in [-0.1, -0.05) is 29.8 Å². The normalized spacial score (nSPS) is 15.9. The number of ether oxygens (including phenoxy) is 1. The lowest BCUT2D eigenvalue weighted by atomic mass is 10.1. The van der Waals surface area contributed by atoms with E-state index in [1.807, 2.05) is 31.2 Å². The molecule has 1 aliphatic rings. The van der Waals surface area contributed by atoms with E-state index in [9.17, 15) is 13.2 Å². The second-order valence-corrected chi connectivity index (χ2v) is 9.54. The Kier molecular flexibility index (Phi) is 6.43. The Morgan fingerprint density at radius 1 is 1.26 bits per heavy atom. The third kappa shape index (κ3) is 5.26. The topological polar surface area (TPSA) is 75.7 Å². The number of nitrogens with one attached hydrogen (secondary N) is 1. The number of nitrogens with zero attached hydrogens (tertiary/aromatic N) is 1. The lowest BCUT2D eigenvalue weighted by Crippen LogP contribution is -2.40. The molecule has 8 heteroatoms. The van der Waals surface area contributed by atoms with Crippen molar-refractivity contribution in [2.45, 2.75) is 17.7 Å². The lowest BCUT2D eigenvalue weighted by molar-refractivity contribution is -0.116. The van der Waals surface area contributed by atoms with Crippen molar-refractivity contribution in [3.63, 3.8) is 0 Å². The number of hydrogen-bond donors (Lipinski definition) is 1. The van der Waals surface area contributed by atoms with Crippen LogP contribution in [0.3, 0.4) is 0 Å². The Morgan fingerprint density at radius 2 is 2.04 bits per heavy atom. The standard InChI is InChI=1S/C19H22N2O4S2/c1-15-3-2-4-16(13-15)5-7-18(22)20-14-17-6-8-19(26-17)27(23,24)21-9-11-25-12-10-21/h2-8,13H,9-12,14H2,1H3,(H,20,22)/b7-5+. The zero-order valence-corrected chi connectivity index (χ0v) is 16.7. The molecule has 6 nitrogen and oxygen atoms in total. The fraction of sp³-hybridized carbons (Fsp3) is 0.316. The van der Waals surface area contributed by atoms with Crippen molar-refractivity contribution in [1.29, 1.82) is 0 Å². The Balaban J connectivity index is 1.57. The van der Waals surface area contributed by atoms with Gasteiger partial charge in [-0.3, -0.25) is 4.79 Å². The summed E-state index contributed by atoms with van der Waals surface area (Å²) < 4.78 is 32.2. The van der Waals surface area contributed by atoms with Crippen LogP contribution in [0.4, 0.5) is 0 Å². The predicted octanol–water partition coefficient (Wildman–Crippen LogP) is 2.41. The fourth-order valence-corrected chi connectivity index (χ4v) is 5.54. The number of benzene rings is 1. The van der Waals surface area contributed by atoms with Crippen molar-refractivity contribution in [1.82, 2.24) is 9.62 Å². The third-order valence-electron chi connectivity index (χ3n) is 4.11. The molecule has 3 rings (SSSR count). The molecule has 27 heavy (non-hydrogen) atoms. The number of carbonyl (C=O) groups is 1. The van der Waals surface area contributed by atoms with Crippen molar-refractivity contribution in [2.75, 3.05) is 26.3 Å². The zero-order valence-electron chi connectivity index (χ0n) is 15.1. The van der Waals surface area contributed by atoms with Crippen LogP contribution in [0.25, 0.3) is 6.08 Å². The smallest absolute Gasteiger partial charge is 0.252 e. The van der Waals surface area contributed by atoms with Gasteiger partial charge in [0, 0.05) is 24.0 Å². The van der Waals surface area contributed by atoms with Crippen molar-refractivity contribution in [2.24, 2.45) is 0 Å². The first-order valence-electron chi connectivity index (χ1n) is 8.64. The highest BCUT2D eigenvalue weighted by molar-refractivity contribution is 7.91. The summed E-state index contributed by atoms with van der Waals surface area (Å²) >= 11 is 1.18. The lowest BCUT2D eigenvalue weighted by Gasteiger charge is -2.25. The van der Waals surface area contributed by atoms with Gasteiger partial charge in [0.2, 0.25) is 5.91 Å². The fourth-order valence-electron chi connectivity index (χ4n) is 2.68. The summed E-state index contributed by atoms with van der Waals surface area (Å²) in [5.41, 5.74) is 2.09. The maximum Gasteiger partial charge on any atom is 0.252 e. The van der Waals surface area contributed by atoms with Crippen molar-refractivity contribution >= 4 is 33.3 Å². The highest BCUT2D eigenvalue weighted by Gasteiger charge is 2.27. The number of sulfonamides is 1. The van der Waals surface area contributed by atoms with Gasteiger partial charge in [-0.05, 0) is 30.7 Å². The second-order valence-electron chi connectivity index (χ2n) is 6.20. The molecular weight excluding hydrogens is 384 g/mol. The van der Waals surface area contributed by atoms with E-state index in [4.69, 9.17) is 4.74 Å². The molecule has 0 aliphatic carbocycles. The van der Waals surface area contributed by atoms with Crippen LogP contribution in [0, 0.1) is 6.92 Å². The number of rotatable bonds is 6. The number of hydrogen-bond acceptors (Lipinski definition) is 5. The van der Waals surface area contributed by atoms with Gasteiger partial charge < -0.3 is 10.1 Å². The molecule has 144 valence electrons. The molecule has 1 aliphatic heterocycles. The van der Waals surface area contributed by atoms with Gasteiger partial charge in [0.15, 0.2) is 0 Å². The third-order valence-corrected chi connectivity index (χ3v) is 7.56. The second kappa shape index (κ2) is 8.79. The molecule has 1 N–H and O–H groups in total. The first-order valence-corrected chi connectivity index (χ1v) is 10.9. The van der Waals surface area contributed by atoms with Crippen LogP contribution in [-0.2, 0) is 26.1 Å². The molecule has 0 radical (unpaired) electrons. The number of aryl methyl sites for hydroxylation is 1. The minimum atomic E-state index is -3.48. The van der Waals surface area contributed by atoms with Crippen LogP contribution in [0.15, 0.2) is 46.7 Å². The first-order chi connectivity index (χ1) is 12.9. The maximum atomic E-state index is 12.6. The number of amides is 1. The van der Waals surface area contributed by atoms with E-state index in [-0.39, 0.29) is 5.91 Å². The SMILES string of the molecule is Cc1cccc(/C=C/C(=O)NCc2ccc(S(=O)(=O)N3CCOCC3)s2)c1. The van der Waals surface area contributed by atoms with E-state index in [0.29, 0.717) is 37.1 Å². The summed E-state index contributed by atoms with van der Waals surface area (Å²) in [7, 11) is -3.48. The highest BCUT2D eigenvalue weighted by atomic mass is 32.2. The number of carbonyl (C=O) groups excluding carboxylic acids is 1. The van der Waals surface area contributed by atoms with Gasteiger partial charge in [0.05, 0.1) is 19.8 Å². The largest absolute Gasteiger partial charge is 0.379 e. The molecule has 0 spiro atoms. The van der Waals surface area contributed by atoms with E-state index < -0.39 is 10.0 Å². The van der Waals surface area contributed by atoms with Crippen molar-refractivity contribution in [3.8, 4) is 0 Å². The first kappa shape index (κ1) is 19.8. The minimum absolute atomic E-state index is 0.220. The summed E-state index contributed by atoms with van der Waals surface area (Å²) in [6, 6.07) is 11.2. The predicted molar refractivity (Wildman–Crippen MR) is 106 cm³/mol. The zero-order chi connectivity index (χ0) is 19.3. The summed E-state index contributed by atoms with van der Waals surface area (Å²) in [6.07, 6.45) is 3.23. The number of morpholine rings is 1. The van der Waals surface area contributed by atoms with E-state index in [2.05, 4.69) is 5.32 Å². The monoisotopic (exact) mass is 406 g/mol. The molecule has 0 atom stereocenters. The molecule has 1 aromatic heterocycles. The highest BCUT2D eigenvalue weighted by Crippen LogP contribution is 2.25. The van der Waals surface area contributed by atoms with Crippen LogP contribution >= 0.6 is 11.3 Å². The quantitative estimate of drug-likeness (QED) is 0.748. The van der Waals surface area contributed by atoms with Gasteiger partial charge in [-0.15, -0.1) is 11.3 Å². The molecule has 2 heterocycles. The Morgan fingerprint density at radius 3 is 2.78 bits per heavy atom. The Bertz CT molecular complexity index is 929. The minimum Gasteiger partial charge on any atom is -0.379 e. The van der Waals surface area contributed by atoms with Crippen LogP contribution in [0.2, 0.25) is 0 Å². The van der Waals surface area contributed by atoms with Crippen molar-refractivity contribution in [3.05, 3.63) is 58.5 Å². The van der Waals surface area contributed by atoms with Gasteiger partial charge in [0.1, 0.15) is 4.21 Å².